The summed E-state index contributed by atoms with van der Waals surface area (Å²) < 4.78 is 30.8. The number of rotatable bonds is 10. The Morgan fingerprint density at radius 1 is 0.873 bits per heavy atom. The Hall–Kier alpha value is -1.49. The van der Waals surface area contributed by atoms with Gasteiger partial charge in [0.05, 0.1) is 23.5 Å². The number of aliphatic hydroxyl groups is 1. The molecule has 0 amide bonds. The SMILES string of the molecule is C=C(C)[C@@H]1CC[C@]2(NC[C@H]([C@@H](C)O)N3CCS(=O)(=O)CC3)CC[C@]3(C)[C@H](CC[C@@H]4[C@@]5(C)CC[C@H](OC(=O)C[C@@H]6[C@H](C(=O)O)C6(C)C)C(C)(C)[C@@H]5CC[C@]43C)[C@@H]12. The molecule has 7 aliphatic rings. The first-order chi connectivity index (χ1) is 25.5. The summed E-state index contributed by atoms with van der Waals surface area (Å²) in [5, 5.41) is 24.8. The van der Waals surface area contributed by atoms with Crippen LogP contribution >= 0.6 is 0 Å². The molecule has 9 nitrogen and oxygen atoms in total. The molecule has 0 aromatic carbocycles. The molecule has 6 aliphatic carbocycles. The van der Waals surface area contributed by atoms with Gasteiger partial charge in [-0.25, -0.2) is 8.42 Å². The Bertz CT molecular complexity index is 1640. The lowest BCUT2D eigenvalue weighted by Crippen LogP contribution is -2.69. The molecule has 0 spiro atoms. The number of allylic oxidation sites excluding steroid dienone is 1. The number of sulfone groups is 1. The molecule has 7 rings (SSSR count). The first kappa shape index (κ1) is 41.7. The molecular formula is C45H74N2O7S. The first-order valence-corrected chi connectivity index (χ1v) is 23.7. The van der Waals surface area contributed by atoms with Gasteiger partial charge in [0.1, 0.15) is 6.10 Å². The molecule has 1 saturated heterocycles. The van der Waals surface area contributed by atoms with E-state index in [1.807, 2.05) is 20.8 Å². The maximum atomic E-state index is 13.4. The van der Waals surface area contributed by atoms with Crippen molar-refractivity contribution in [3.63, 3.8) is 0 Å². The minimum atomic E-state index is -3.00. The van der Waals surface area contributed by atoms with E-state index in [1.165, 1.54) is 31.3 Å². The number of carbonyl (C=O) groups is 2. The van der Waals surface area contributed by atoms with Crippen molar-refractivity contribution >= 4 is 21.8 Å². The Morgan fingerprint density at radius 3 is 2.15 bits per heavy atom. The van der Waals surface area contributed by atoms with Crippen LogP contribution in [-0.4, -0.2) is 90.4 Å². The summed E-state index contributed by atoms with van der Waals surface area (Å²) in [5.41, 5.74) is 1.24. The first-order valence-electron chi connectivity index (χ1n) is 21.9. The van der Waals surface area contributed by atoms with Gasteiger partial charge in [0.2, 0.25) is 0 Å². The zero-order valence-corrected chi connectivity index (χ0v) is 36.4. The number of ether oxygens (including phenoxy) is 1. The van der Waals surface area contributed by atoms with Crippen LogP contribution in [0.25, 0.3) is 0 Å². The minimum absolute atomic E-state index is 0.0167. The number of carboxylic acids is 1. The molecule has 1 aliphatic heterocycles. The van der Waals surface area contributed by atoms with Crippen molar-refractivity contribution in [2.75, 3.05) is 31.1 Å². The van der Waals surface area contributed by atoms with Gasteiger partial charge >= 0.3 is 11.9 Å². The molecule has 0 radical (unpaired) electrons. The molecule has 0 bridgehead atoms. The highest BCUT2D eigenvalue weighted by Crippen LogP contribution is 2.76. The number of carboxylic acid groups (broad SMARTS) is 1. The smallest absolute Gasteiger partial charge is 0.307 e. The number of carbonyl (C=O) groups excluding carboxylic acids is 1. The van der Waals surface area contributed by atoms with Crippen LogP contribution in [0.2, 0.25) is 0 Å². The molecule has 3 N–H and O–H groups in total. The number of esters is 1. The molecule has 7 fully saturated rings. The van der Waals surface area contributed by atoms with Crippen LogP contribution in [-0.2, 0) is 24.2 Å². The lowest BCUT2D eigenvalue weighted by atomic mass is 9.32. The zero-order chi connectivity index (χ0) is 40.3. The number of hydrogen-bond acceptors (Lipinski definition) is 8. The minimum Gasteiger partial charge on any atom is -0.481 e. The van der Waals surface area contributed by atoms with Gasteiger partial charge < -0.3 is 20.3 Å². The van der Waals surface area contributed by atoms with Gasteiger partial charge in [-0.3, -0.25) is 14.5 Å². The normalized spacial score (nSPS) is 46.5. The Balaban J connectivity index is 1.09. The number of aliphatic carboxylic acids is 1. The van der Waals surface area contributed by atoms with Crippen molar-refractivity contribution in [1.82, 2.24) is 10.2 Å². The summed E-state index contributed by atoms with van der Waals surface area (Å²) in [6, 6.07) is -0.119. The van der Waals surface area contributed by atoms with Gasteiger partial charge in [0.25, 0.3) is 0 Å². The van der Waals surface area contributed by atoms with Crippen LogP contribution in [0.5, 0.6) is 0 Å². The second-order valence-electron chi connectivity index (χ2n) is 22.0. The third-order valence-corrected chi connectivity index (χ3v) is 20.7. The van der Waals surface area contributed by atoms with Crippen molar-refractivity contribution in [2.45, 2.75) is 157 Å². The van der Waals surface area contributed by atoms with Crippen molar-refractivity contribution in [3.05, 3.63) is 12.2 Å². The highest BCUT2D eigenvalue weighted by Gasteiger charge is 2.71. The fraction of sp³-hybridized carbons (Fsp3) is 0.911. The quantitative estimate of drug-likeness (QED) is 0.156. The maximum Gasteiger partial charge on any atom is 0.307 e. The average Bonchev–Trinajstić information content (AvgIpc) is 3.41. The van der Waals surface area contributed by atoms with Crippen molar-refractivity contribution < 1.29 is 33.0 Å². The van der Waals surface area contributed by atoms with Crippen LogP contribution in [0, 0.1) is 68.5 Å². The summed E-state index contributed by atoms with van der Waals surface area (Å²) in [7, 11) is -3.00. The standard InChI is InChI=1S/C45H74N2O7S/c1-27(2)29-13-18-45(46-26-32(28(3)48)47-21-23-55(52,53)24-22-47)20-19-43(9)30(37(29)45)11-12-34-42(8)16-15-35(41(6,7)33(42)14-17-44(34,43)10)54-36(49)25-31-38(39(50)51)40(31,4)5/h28-35,37-38,46,48H,1,11-26H2,2-10H3,(H,50,51)/t28-,29+,30-,31-,32-,33+,34-,35+,37-,38-,42+,43-,44-,45+/m1/s1. The molecule has 1 heterocycles. The summed E-state index contributed by atoms with van der Waals surface area (Å²) in [5.74, 6) is 1.18. The monoisotopic (exact) mass is 787 g/mol. The molecule has 0 unspecified atom stereocenters. The predicted molar refractivity (Wildman–Crippen MR) is 216 cm³/mol. The van der Waals surface area contributed by atoms with Crippen molar-refractivity contribution in [2.24, 2.45) is 68.5 Å². The van der Waals surface area contributed by atoms with E-state index < -0.39 is 27.8 Å². The van der Waals surface area contributed by atoms with Gasteiger partial charge in [0, 0.05) is 43.1 Å². The molecule has 0 aromatic heterocycles. The van der Waals surface area contributed by atoms with E-state index in [2.05, 4.69) is 58.3 Å². The van der Waals surface area contributed by atoms with Gasteiger partial charge in [-0.15, -0.1) is 0 Å². The van der Waals surface area contributed by atoms with Crippen LogP contribution in [0.15, 0.2) is 12.2 Å². The van der Waals surface area contributed by atoms with Gasteiger partial charge in [-0.05, 0) is 135 Å². The molecule has 6 saturated carbocycles. The third-order valence-electron chi connectivity index (χ3n) is 19.1. The number of hydrogen-bond donors (Lipinski definition) is 3. The van der Waals surface area contributed by atoms with Crippen LogP contribution < -0.4 is 5.32 Å². The van der Waals surface area contributed by atoms with E-state index in [0.717, 1.165) is 38.5 Å². The van der Waals surface area contributed by atoms with Crippen LogP contribution in [0.4, 0.5) is 0 Å². The Kier molecular flexibility index (Phi) is 10.4. The summed E-state index contributed by atoms with van der Waals surface area (Å²) in [4.78, 5) is 27.4. The van der Waals surface area contributed by atoms with E-state index in [9.17, 15) is 28.2 Å². The summed E-state index contributed by atoms with van der Waals surface area (Å²) >= 11 is 0. The molecule has 14 atom stereocenters. The van der Waals surface area contributed by atoms with E-state index in [0.29, 0.717) is 49.2 Å². The molecule has 0 aromatic rings. The zero-order valence-electron chi connectivity index (χ0n) is 35.6. The predicted octanol–water partition coefficient (Wildman–Crippen LogP) is 7.12. The van der Waals surface area contributed by atoms with Gasteiger partial charge in [-0.1, -0.05) is 60.6 Å². The topological polar surface area (TPSA) is 133 Å². The van der Waals surface area contributed by atoms with E-state index in [1.54, 1.807) is 0 Å². The molecule has 55 heavy (non-hydrogen) atoms. The van der Waals surface area contributed by atoms with E-state index in [4.69, 9.17) is 4.74 Å². The van der Waals surface area contributed by atoms with Crippen molar-refractivity contribution in [1.29, 1.82) is 0 Å². The second-order valence-corrected chi connectivity index (χ2v) is 24.3. The fourth-order valence-electron chi connectivity index (χ4n) is 15.6. The summed E-state index contributed by atoms with van der Waals surface area (Å²) in [6.07, 6.45) is 10.7. The highest BCUT2D eigenvalue weighted by atomic mass is 32.2. The summed E-state index contributed by atoms with van der Waals surface area (Å²) in [6.45, 7) is 26.8. The number of nitrogens with one attached hydrogen (secondary N) is 1. The maximum absolute atomic E-state index is 13.4. The van der Waals surface area contributed by atoms with Gasteiger partial charge in [-0.2, -0.15) is 0 Å². The largest absolute Gasteiger partial charge is 0.481 e. The van der Waals surface area contributed by atoms with Gasteiger partial charge in [0.15, 0.2) is 9.84 Å². The van der Waals surface area contributed by atoms with Crippen LogP contribution in [0.1, 0.15) is 133 Å². The molecule has 10 heteroatoms. The fourth-order valence-corrected chi connectivity index (χ4v) is 16.8. The van der Waals surface area contributed by atoms with Crippen LogP contribution in [0.3, 0.4) is 0 Å². The van der Waals surface area contributed by atoms with E-state index >= 15 is 0 Å². The Labute approximate surface area is 332 Å². The second kappa shape index (κ2) is 13.8. The number of fused-ring (bicyclic) bond motifs is 7. The Morgan fingerprint density at radius 2 is 1.55 bits per heavy atom. The number of nitrogens with zero attached hydrogens (tertiary/aromatic N) is 1. The molecular weight excluding hydrogens is 713 g/mol. The number of aliphatic hydroxyl groups excluding tert-OH is 1. The third kappa shape index (κ3) is 6.50. The lowest BCUT2D eigenvalue weighted by molar-refractivity contribution is -0.246. The lowest BCUT2D eigenvalue weighted by Gasteiger charge is -2.73. The average molecular weight is 787 g/mol. The molecule has 312 valence electrons. The van der Waals surface area contributed by atoms with E-state index in [-0.39, 0.29) is 74.6 Å². The highest BCUT2D eigenvalue weighted by molar-refractivity contribution is 7.91. The van der Waals surface area contributed by atoms with Crippen molar-refractivity contribution in [3.8, 4) is 0 Å².